The Morgan fingerprint density at radius 2 is 2.22 bits per heavy atom. The highest BCUT2D eigenvalue weighted by atomic mass is 35.5. The summed E-state index contributed by atoms with van der Waals surface area (Å²) in [6.07, 6.45) is 2.19. The van der Waals surface area contributed by atoms with Crippen molar-refractivity contribution < 1.29 is 9.21 Å². The molecule has 1 aromatic heterocycles. The van der Waals surface area contributed by atoms with E-state index in [9.17, 15) is 4.79 Å². The minimum absolute atomic E-state index is 0. The van der Waals surface area contributed by atoms with Crippen LogP contribution in [0.3, 0.4) is 0 Å². The van der Waals surface area contributed by atoms with Crippen LogP contribution in [0.15, 0.2) is 10.5 Å². The number of aryl methyl sites for hydroxylation is 2. The van der Waals surface area contributed by atoms with Crippen molar-refractivity contribution in [2.45, 2.75) is 32.7 Å². The number of carbonyl (C=O) groups excluding carboxylic acids is 1. The summed E-state index contributed by atoms with van der Waals surface area (Å²) >= 11 is 0. The molecule has 0 aromatic carbocycles. The summed E-state index contributed by atoms with van der Waals surface area (Å²) in [7, 11) is 1.95. The molecule has 1 N–H and O–H groups in total. The monoisotopic (exact) mass is 272 g/mol. The summed E-state index contributed by atoms with van der Waals surface area (Å²) < 4.78 is 5.49. The molecule has 1 amide bonds. The molecule has 2 heterocycles. The molecule has 0 bridgehead atoms. The van der Waals surface area contributed by atoms with Gasteiger partial charge in [0.15, 0.2) is 5.76 Å². The second-order valence-electron chi connectivity index (χ2n) is 4.75. The zero-order chi connectivity index (χ0) is 12.4. The van der Waals surface area contributed by atoms with Crippen LogP contribution in [0, 0.1) is 13.8 Å². The van der Waals surface area contributed by atoms with Crippen LogP contribution in [0.4, 0.5) is 0 Å². The Morgan fingerprint density at radius 1 is 1.50 bits per heavy atom. The molecule has 1 saturated heterocycles. The Labute approximate surface area is 114 Å². The summed E-state index contributed by atoms with van der Waals surface area (Å²) in [6, 6.07) is 2.32. The normalized spacial score (nSPS) is 19.5. The lowest BCUT2D eigenvalue weighted by molar-refractivity contribution is 0.0663. The summed E-state index contributed by atoms with van der Waals surface area (Å²) in [4.78, 5) is 14.2. The van der Waals surface area contributed by atoms with Gasteiger partial charge in [-0.05, 0) is 39.8 Å². The summed E-state index contributed by atoms with van der Waals surface area (Å²) in [5, 5.41) is 3.24. The lowest BCUT2D eigenvalue weighted by Gasteiger charge is -2.32. The number of nitrogens with zero attached hydrogens (tertiary/aromatic N) is 1. The number of amides is 1. The minimum Gasteiger partial charge on any atom is -0.456 e. The first kappa shape index (κ1) is 15.1. The van der Waals surface area contributed by atoms with Gasteiger partial charge in [0.2, 0.25) is 0 Å². The number of hydrogen-bond acceptors (Lipinski definition) is 3. The first-order valence-electron chi connectivity index (χ1n) is 6.15. The lowest BCUT2D eigenvalue weighted by Crippen LogP contribution is -2.47. The van der Waals surface area contributed by atoms with E-state index in [1.807, 2.05) is 31.9 Å². The number of likely N-dealkylation sites (tertiary alicyclic amines) is 1. The summed E-state index contributed by atoms with van der Waals surface area (Å²) in [5.74, 6) is 1.32. The molecule has 2 rings (SSSR count). The van der Waals surface area contributed by atoms with Crippen LogP contribution >= 0.6 is 12.4 Å². The molecule has 18 heavy (non-hydrogen) atoms. The molecule has 4 nitrogen and oxygen atoms in total. The molecule has 1 atom stereocenters. The number of carbonyl (C=O) groups is 1. The van der Waals surface area contributed by atoms with Crippen molar-refractivity contribution in [1.29, 1.82) is 0 Å². The number of nitrogens with one attached hydrogen (secondary N) is 1. The van der Waals surface area contributed by atoms with Crippen LogP contribution in [0.25, 0.3) is 0 Å². The zero-order valence-corrected chi connectivity index (χ0v) is 12.0. The van der Waals surface area contributed by atoms with Crippen LogP contribution in [-0.2, 0) is 0 Å². The van der Waals surface area contributed by atoms with Gasteiger partial charge in [-0.25, -0.2) is 0 Å². The third-order valence-corrected chi connectivity index (χ3v) is 3.35. The van der Waals surface area contributed by atoms with Crippen LogP contribution in [0.2, 0.25) is 0 Å². The second-order valence-corrected chi connectivity index (χ2v) is 4.75. The Bertz CT molecular complexity index is 417. The van der Waals surface area contributed by atoms with Gasteiger partial charge in [-0.2, -0.15) is 0 Å². The average Bonchev–Trinajstić information content (AvgIpc) is 2.67. The molecule has 1 fully saturated rings. The summed E-state index contributed by atoms with van der Waals surface area (Å²) in [5.41, 5.74) is 0.930. The summed E-state index contributed by atoms with van der Waals surface area (Å²) in [6.45, 7) is 5.39. The Balaban J connectivity index is 0.00000162. The van der Waals surface area contributed by atoms with E-state index >= 15 is 0 Å². The SMILES string of the molecule is CNC1CCCN(C(=O)c2oc(C)cc2C)C1.Cl. The Morgan fingerprint density at radius 3 is 2.78 bits per heavy atom. The van der Waals surface area contributed by atoms with Crippen LogP contribution < -0.4 is 5.32 Å². The van der Waals surface area contributed by atoms with Crippen molar-refractivity contribution in [3.63, 3.8) is 0 Å². The van der Waals surface area contributed by atoms with Crippen molar-refractivity contribution >= 4 is 18.3 Å². The van der Waals surface area contributed by atoms with Gasteiger partial charge in [0.1, 0.15) is 5.76 Å². The van der Waals surface area contributed by atoms with E-state index in [4.69, 9.17) is 4.42 Å². The van der Waals surface area contributed by atoms with Gasteiger partial charge in [-0.15, -0.1) is 12.4 Å². The minimum atomic E-state index is 0. The third-order valence-electron chi connectivity index (χ3n) is 3.35. The molecular formula is C13H21ClN2O2. The maximum absolute atomic E-state index is 12.3. The number of hydrogen-bond donors (Lipinski definition) is 1. The Hall–Kier alpha value is -1.00. The number of furan rings is 1. The highest BCUT2D eigenvalue weighted by molar-refractivity contribution is 5.93. The van der Waals surface area contributed by atoms with Crippen LogP contribution in [0.1, 0.15) is 34.7 Å². The second kappa shape index (κ2) is 6.25. The van der Waals surface area contributed by atoms with Gasteiger partial charge in [-0.3, -0.25) is 4.79 Å². The van der Waals surface area contributed by atoms with E-state index in [1.54, 1.807) is 0 Å². The van der Waals surface area contributed by atoms with Gasteiger partial charge in [0, 0.05) is 24.7 Å². The molecule has 0 aliphatic carbocycles. The fraction of sp³-hybridized carbons (Fsp3) is 0.615. The van der Waals surface area contributed by atoms with Crippen molar-refractivity contribution in [2.75, 3.05) is 20.1 Å². The number of halogens is 1. The number of likely N-dealkylation sites (N-methyl/N-ethyl adjacent to an activating group) is 1. The smallest absolute Gasteiger partial charge is 0.289 e. The van der Waals surface area contributed by atoms with E-state index < -0.39 is 0 Å². The van der Waals surface area contributed by atoms with Crippen molar-refractivity contribution in [3.05, 3.63) is 23.2 Å². The van der Waals surface area contributed by atoms with E-state index in [0.717, 1.165) is 37.3 Å². The largest absolute Gasteiger partial charge is 0.456 e. The van der Waals surface area contributed by atoms with E-state index in [-0.39, 0.29) is 18.3 Å². The quantitative estimate of drug-likeness (QED) is 0.897. The first-order chi connectivity index (χ1) is 8.11. The highest BCUT2D eigenvalue weighted by Crippen LogP contribution is 2.19. The maximum atomic E-state index is 12.3. The van der Waals surface area contributed by atoms with Gasteiger partial charge in [0.25, 0.3) is 5.91 Å². The third kappa shape index (κ3) is 3.06. The molecule has 1 aromatic rings. The van der Waals surface area contributed by atoms with Crippen molar-refractivity contribution in [2.24, 2.45) is 0 Å². The molecule has 5 heteroatoms. The van der Waals surface area contributed by atoms with Gasteiger partial charge >= 0.3 is 0 Å². The molecular weight excluding hydrogens is 252 g/mol. The molecule has 0 radical (unpaired) electrons. The van der Waals surface area contributed by atoms with Crippen LogP contribution in [0.5, 0.6) is 0 Å². The number of rotatable bonds is 2. The first-order valence-corrected chi connectivity index (χ1v) is 6.15. The standard InChI is InChI=1S/C13H20N2O2.ClH/c1-9-7-10(2)17-12(9)13(16)15-6-4-5-11(8-15)14-3;/h7,11,14H,4-6,8H2,1-3H3;1H. The molecule has 0 spiro atoms. The van der Waals surface area contributed by atoms with Crippen molar-refractivity contribution in [1.82, 2.24) is 10.2 Å². The van der Waals surface area contributed by atoms with Crippen molar-refractivity contribution in [3.8, 4) is 0 Å². The maximum Gasteiger partial charge on any atom is 0.289 e. The van der Waals surface area contributed by atoms with E-state index in [2.05, 4.69) is 5.32 Å². The highest BCUT2D eigenvalue weighted by Gasteiger charge is 2.26. The topological polar surface area (TPSA) is 45.5 Å². The van der Waals surface area contributed by atoms with E-state index in [0.29, 0.717) is 11.8 Å². The average molecular weight is 273 g/mol. The molecule has 1 aliphatic rings. The van der Waals surface area contributed by atoms with Gasteiger partial charge in [0.05, 0.1) is 0 Å². The Kier molecular flexibility index (Phi) is 5.23. The van der Waals surface area contributed by atoms with Gasteiger partial charge in [-0.1, -0.05) is 0 Å². The fourth-order valence-corrected chi connectivity index (χ4v) is 2.39. The molecule has 1 unspecified atom stereocenters. The number of piperidine rings is 1. The lowest BCUT2D eigenvalue weighted by atomic mass is 10.1. The van der Waals surface area contributed by atoms with E-state index in [1.165, 1.54) is 0 Å². The predicted octanol–water partition coefficient (Wildman–Crippen LogP) is 2.14. The molecule has 0 saturated carbocycles. The fourth-order valence-electron chi connectivity index (χ4n) is 2.39. The zero-order valence-electron chi connectivity index (χ0n) is 11.2. The van der Waals surface area contributed by atoms with Gasteiger partial charge < -0.3 is 14.6 Å². The molecule has 1 aliphatic heterocycles. The predicted molar refractivity (Wildman–Crippen MR) is 73.4 cm³/mol. The van der Waals surface area contributed by atoms with Crippen LogP contribution in [-0.4, -0.2) is 37.0 Å². The molecule has 102 valence electrons.